The standard InChI is InChI=1S/C21H24N4O3/c22-21(24-16-10-13-27-18-8-3-1-6-15(16)18)23-11-5-12-25-17-7-2-4-9-19(17)28-14-20(25)26/h1-4,6-9,16H,5,10-14H2,(H3,22,23,24). The lowest BCUT2D eigenvalue weighted by molar-refractivity contribution is -0.121. The van der Waals surface area contributed by atoms with Crippen LogP contribution in [0.5, 0.6) is 11.5 Å². The number of para-hydroxylation sites is 3. The number of nitrogens with zero attached hydrogens (tertiary/aromatic N) is 2. The number of hydrogen-bond donors (Lipinski definition) is 2. The Morgan fingerprint density at radius 1 is 1.14 bits per heavy atom. The van der Waals surface area contributed by atoms with Crippen molar-refractivity contribution in [3.05, 3.63) is 54.1 Å². The number of carbonyl (C=O) groups is 1. The van der Waals surface area contributed by atoms with Crippen molar-refractivity contribution in [2.75, 3.05) is 31.2 Å². The first-order valence-electron chi connectivity index (χ1n) is 9.53. The quantitative estimate of drug-likeness (QED) is 0.472. The number of benzene rings is 2. The van der Waals surface area contributed by atoms with Crippen LogP contribution in [-0.2, 0) is 4.79 Å². The molecule has 4 rings (SSSR count). The highest BCUT2D eigenvalue weighted by molar-refractivity contribution is 5.97. The third-order valence-electron chi connectivity index (χ3n) is 4.91. The van der Waals surface area contributed by atoms with Crippen molar-refractivity contribution in [3.8, 4) is 11.5 Å². The number of carbonyl (C=O) groups excluding carboxylic acids is 1. The van der Waals surface area contributed by atoms with Gasteiger partial charge >= 0.3 is 0 Å². The summed E-state index contributed by atoms with van der Waals surface area (Å²) in [5.41, 5.74) is 7.99. The van der Waals surface area contributed by atoms with E-state index in [4.69, 9.17) is 15.2 Å². The molecule has 2 heterocycles. The third kappa shape index (κ3) is 3.88. The van der Waals surface area contributed by atoms with E-state index < -0.39 is 0 Å². The summed E-state index contributed by atoms with van der Waals surface area (Å²) in [5, 5.41) is 3.29. The molecule has 1 unspecified atom stereocenters. The average Bonchev–Trinajstić information content (AvgIpc) is 2.73. The van der Waals surface area contributed by atoms with Crippen LogP contribution in [-0.4, -0.2) is 38.2 Å². The average molecular weight is 380 g/mol. The highest BCUT2D eigenvalue weighted by Gasteiger charge is 2.24. The maximum Gasteiger partial charge on any atom is 0.265 e. The maximum absolute atomic E-state index is 12.2. The van der Waals surface area contributed by atoms with Crippen molar-refractivity contribution in [2.24, 2.45) is 10.7 Å². The second-order valence-electron chi connectivity index (χ2n) is 6.79. The minimum absolute atomic E-state index is 0.0346. The Morgan fingerprint density at radius 2 is 1.93 bits per heavy atom. The highest BCUT2D eigenvalue weighted by atomic mass is 16.5. The molecule has 1 amide bonds. The monoisotopic (exact) mass is 380 g/mol. The van der Waals surface area contributed by atoms with E-state index >= 15 is 0 Å². The number of guanidine groups is 1. The Hall–Kier alpha value is -3.22. The van der Waals surface area contributed by atoms with Crippen molar-refractivity contribution in [1.82, 2.24) is 5.32 Å². The number of nitrogens with two attached hydrogens (primary N) is 1. The number of fused-ring (bicyclic) bond motifs is 2. The van der Waals surface area contributed by atoms with Crippen LogP contribution in [0.3, 0.4) is 0 Å². The van der Waals surface area contributed by atoms with Gasteiger partial charge in [-0.25, -0.2) is 0 Å². The summed E-state index contributed by atoms with van der Waals surface area (Å²) in [5.74, 6) is 2.01. The van der Waals surface area contributed by atoms with Crippen LogP contribution in [0.2, 0.25) is 0 Å². The molecular weight excluding hydrogens is 356 g/mol. The lowest BCUT2D eigenvalue weighted by Crippen LogP contribution is -2.40. The molecule has 0 radical (unpaired) electrons. The van der Waals surface area contributed by atoms with E-state index in [9.17, 15) is 4.79 Å². The van der Waals surface area contributed by atoms with Gasteiger partial charge < -0.3 is 25.4 Å². The molecule has 0 aromatic heterocycles. The highest BCUT2D eigenvalue weighted by Crippen LogP contribution is 2.32. The van der Waals surface area contributed by atoms with E-state index in [1.807, 2.05) is 48.5 Å². The summed E-state index contributed by atoms with van der Waals surface area (Å²) in [6.07, 6.45) is 1.55. The predicted molar refractivity (Wildman–Crippen MR) is 108 cm³/mol. The van der Waals surface area contributed by atoms with Gasteiger partial charge in [0.2, 0.25) is 0 Å². The second-order valence-corrected chi connectivity index (χ2v) is 6.79. The Labute approximate surface area is 164 Å². The summed E-state index contributed by atoms with van der Waals surface area (Å²) < 4.78 is 11.1. The lowest BCUT2D eigenvalue weighted by Gasteiger charge is -2.29. The Morgan fingerprint density at radius 3 is 2.82 bits per heavy atom. The van der Waals surface area contributed by atoms with E-state index in [0.717, 1.165) is 29.2 Å². The SMILES string of the molecule is NC(=NCCCN1C(=O)COc2ccccc21)NC1CCOc2ccccc21. The Kier molecular flexibility index (Phi) is 5.32. The van der Waals surface area contributed by atoms with Gasteiger partial charge in [-0.05, 0) is 24.6 Å². The van der Waals surface area contributed by atoms with Gasteiger partial charge in [-0.3, -0.25) is 9.79 Å². The summed E-state index contributed by atoms with van der Waals surface area (Å²) in [6, 6.07) is 15.6. The molecule has 1 atom stereocenters. The first-order chi connectivity index (χ1) is 13.7. The summed E-state index contributed by atoms with van der Waals surface area (Å²) in [7, 11) is 0. The molecule has 7 nitrogen and oxygen atoms in total. The molecular formula is C21H24N4O3. The second kappa shape index (κ2) is 8.21. The number of amides is 1. The molecule has 146 valence electrons. The fraction of sp³-hybridized carbons (Fsp3) is 0.333. The first kappa shape index (κ1) is 18.2. The number of nitrogens with one attached hydrogen (secondary N) is 1. The van der Waals surface area contributed by atoms with Crippen LogP contribution in [0.25, 0.3) is 0 Å². The summed E-state index contributed by atoms with van der Waals surface area (Å²) in [6.45, 7) is 1.85. The van der Waals surface area contributed by atoms with Crippen LogP contribution in [0.15, 0.2) is 53.5 Å². The van der Waals surface area contributed by atoms with Gasteiger partial charge in [0.05, 0.1) is 18.3 Å². The fourth-order valence-electron chi connectivity index (χ4n) is 3.54. The van der Waals surface area contributed by atoms with E-state index in [1.165, 1.54) is 0 Å². The molecule has 2 aromatic carbocycles. The minimum atomic E-state index is -0.0346. The topological polar surface area (TPSA) is 89.2 Å². The number of ether oxygens (including phenoxy) is 2. The summed E-state index contributed by atoms with van der Waals surface area (Å²) in [4.78, 5) is 18.4. The molecule has 3 N–H and O–H groups in total. The van der Waals surface area contributed by atoms with Gasteiger partial charge in [-0.1, -0.05) is 30.3 Å². The molecule has 0 aliphatic carbocycles. The van der Waals surface area contributed by atoms with E-state index in [-0.39, 0.29) is 18.6 Å². The zero-order valence-corrected chi connectivity index (χ0v) is 15.6. The van der Waals surface area contributed by atoms with Gasteiger partial charge in [0.1, 0.15) is 11.5 Å². The van der Waals surface area contributed by atoms with E-state index in [1.54, 1.807) is 4.90 Å². The number of hydrogen-bond acceptors (Lipinski definition) is 4. The third-order valence-corrected chi connectivity index (χ3v) is 4.91. The van der Waals surface area contributed by atoms with Crippen LogP contribution in [0, 0.1) is 0 Å². The Balaban J connectivity index is 1.32. The number of rotatable bonds is 5. The van der Waals surface area contributed by atoms with Gasteiger partial charge in [0.15, 0.2) is 12.6 Å². The van der Waals surface area contributed by atoms with Crippen LogP contribution >= 0.6 is 0 Å². The molecule has 7 heteroatoms. The molecule has 0 saturated carbocycles. The maximum atomic E-state index is 12.2. The van der Waals surface area contributed by atoms with Crippen LogP contribution < -0.4 is 25.4 Å². The molecule has 0 bridgehead atoms. The van der Waals surface area contributed by atoms with Gasteiger partial charge in [0, 0.05) is 25.1 Å². The molecule has 2 aromatic rings. The largest absolute Gasteiger partial charge is 0.493 e. The Bertz CT molecular complexity index is 883. The normalized spacial score (nSPS) is 18.6. The van der Waals surface area contributed by atoms with Gasteiger partial charge in [0.25, 0.3) is 5.91 Å². The van der Waals surface area contributed by atoms with Crippen molar-refractivity contribution in [3.63, 3.8) is 0 Å². The zero-order chi connectivity index (χ0) is 19.3. The van der Waals surface area contributed by atoms with Crippen LogP contribution in [0.4, 0.5) is 5.69 Å². The lowest BCUT2D eigenvalue weighted by atomic mass is 10.0. The van der Waals surface area contributed by atoms with E-state index in [0.29, 0.717) is 32.1 Å². The van der Waals surface area contributed by atoms with Crippen molar-refractivity contribution >= 4 is 17.6 Å². The first-order valence-corrected chi connectivity index (χ1v) is 9.53. The molecule has 0 spiro atoms. The molecule has 0 saturated heterocycles. The van der Waals surface area contributed by atoms with Crippen LogP contribution in [0.1, 0.15) is 24.4 Å². The molecule has 28 heavy (non-hydrogen) atoms. The molecule has 0 fully saturated rings. The smallest absolute Gasteiger partial charge is 0.265 e. The predicted octanol–water partition coefficient (Wildman–Crippen LogP) is 2.23. The van der Waals surface area contributed by atoms with Gasteiger partial charge in [-0.2, -0.15) is 0 Å². The van der Waals surface area contributed by atoms with Crippen molar-refractivity contribution in [1.29, 1.82) is 0 Å². The fourth-order valence-corrected chi connectivity index (χ4v) is 3.54. The molecule has 2 aliphatic rings. The number of anilines is 1. The number of aliphatic imine (C=N–C) groups is 1. The van der Waals surface area contributed by atoms with Crippen molar-refractivity contribution < 1.29 is 14.3 Å². The summed E-state index contributed by atoms with van der Waals surface area (Å²) >= 11 is 0. The molecule has 2 aliphatic heterocycles. The zero-order valence-electron chi connectivity index (χ0n) is 15.6. The van der Waals surface area contributed by atoms with Crippen molar-refractivity contribution in [2.45, 2.75) is 18.9 Å². The minimum Gasteiger partial charge on any atom is -0.493 e. The van der Waals surface area contributed by atoms with E-state index in [2.05, 4.69) is 10.3 Å². The van der Waals surface area contributed by atoms with Gasteiger partial charge in [-0.15, -0.1) is 0 Å².